The van der Waals surface area contributed by atoms with Crippen LogP contribution in [0.2, 0.25) is 0 Å². The summed E-state index contributed by atoms with van der Waals surface area (Å²) >= 11 is 2.07. The minimum Gasteiger partial charge on any atom is -0.329 e. The topological polar surface area (TPSA) is 29.3 Å². The maximum Gasteiger partial charge on any atom is 0.0228 e. The van der Waals surface area contributed by atoms with Crippen molar-refractivity contribution >= 4 is 11.8 Å². The minimum atomic E-state index is 0.264. The van der Waals surface area contributed by atoms with Crippen molar-refractivity contribution in [2.24, 2.45) is 5.73 Å². The van der Waals surface area contributed by atoms with Gasteiger partial charge in [-0.05, 0) is 46.8 Å². The van der Waals surface area contributed by atoms with Crippen LogP contribution in [0.3, 0.4) is 0 Å². The molecule has 1 saturated heterocycles. The van der Waals surface area contributed by atoms with Gasteiger partial charge in [0.15, 0.2) is 0 Å². The maximum absolute atomic E-state index is 5.72. The summed E-state index contributed by atoms with van der Waals surface area (Å²) in [6.45, 7) is 7.77. The monoisotopic (exact) mass is 202 g/mol. The van der Waals surface area contributed by atoms with Gasteiger partial charge in [-0.15, -0.1) is 0 Å². The predicted octanol–water partition coefficient (Wildman–Crippen LogP) is 1.55. The minimum absolute atomic E-state index is 0.264. The number of likely N-dealkylation sites (tertiary alicyclic amines) is 1. The van der Waals surface area contributed by atoms with E-state index in [2.05, 4.69) is 37.6 Å². The van der Waals surface area contributed by atoms with Gasteiger partial charge in [-0.1, -0.05) is 0 Å². The van der Waals surface area contributed by atoms with Crippen LogP contribution in [0.1, 0.15) is 26.7 Å². The predicted molar refractivity (Wildman–Crippen MR) is 61.2 cm³/mol. The number of hydrogen-bond acceptors (Lipinski definition) is 3. The number of hydrogen-bond donors (Lipinski definition) is 1. The van der Waals surface area contributed by atoms with Gasteiger partial charge in [-0.25, -0.2) is 0 Å². The Morgan fingerprint density at radius 1 is 1.38 bits per heavy atom. The Morgan fingerprint density at radius 3 is 2.38 bits per heavy atom. The fourth-order valence-electron chi connectivity index (χ4n) is 1.60. The van der Waals surface area contributed by atoms with Crippen LogP contribution in [0, 0.1) is 0 Å². The Hall–Kier alpha value is 0.270. The van der Waals surface area contributed by atoms with Gasteiger partial charge in [-0.3, -0.25) is 0 Å². The number of thioether (sulfide) groups is 1. The fourth-order valence-corrected chi connectivity index (χ4v) is 3.05. The van der Waals surface area contributed by atoms with E-state index >= 15 is 0 Å². The SMILES string of the molecule is CN1CCC(SC(C)(C)CN)CC1. The van der Waals surface area contributed by atoms with Gasteiger partial charge in [-0.2, -0.15) is 11.8 Å². The molecule has 2 nitrogen and oxygen atoms in total. The van der Waals surface area contributed by atoms with Crippen molar-refractivity contribution in [3.8, 4) is 0 Å². The molecule has 0 bridgehead atoms. The number of rotatable bonds is 3. The van der Waals surface area contributed by atoms with E-state index in [0.717, 1.165) is 11.8 Å². The second-order valence-corrected chi connectivity index (χ2v) is 6.59. The van der Waals surface area contributed by atoms with Crippen molar-refractivity contribution in [3.05, 3.63) is 0 Å². The molecule has 2 N–H and O–H groups in total. The molecule has 0 radical (unpaired) electrons. The molecular formula is C10H22N2S. The lowest BCUT2D eigenvalue weighted by molar-refractivity contribution is 0.281. The molecule has 13 heavy (non-hydrogen) atoms. The summed E-state index contributed by atoms with van der Waals surface area (Å²) in [6.07, 6.45) is 2.65. The maximum atomic E-state index is 5.72. The molecule has 0 unspecified atom stereocenters. The first kappa shape index (κ1) is 11.3. The van der Waals surface area contributed by atoms with Crippen LogP contribution in [-0.2, 0) is 0 Å². The van der Waals surface area contributed by atoms with Gasteiger partial charge in [0.25, 0.3) is 0 Å². The average Bonchev–Trinajstić information content (AvgIpc) is 2.09. The van der Waals surface area contributed by atoms with E-state index < -0.39 is 0 Å². The van der Waals surface area contributed by atoms with Gasteiger partial charge in [0, 0.05) is 16.5 Å². The van der Waals surface area contributed by atoms with E-state index in [1.807, 2.05) is 0 Å². The molecule has 1 aliphatic rings. The van der Waals surface area contributed by atoms with Gasteiger partial charge >= 0.3 is 0 Å². The second-order valence-electron chi connectivity index (χ2n) is 4.58. The van der Waals surface area contributed by atoms with Crippen LogP contribution < -0.4 is 5.73 Å². The van der Waals surface area contributed by atoms with Crippen molar-refractivity contribution in [1.82, 2.24) is 4.90 Å². The molecule has 0 amide bonds. The fraction of sp³-hybridized carbons (Fsp3) is 1.00. The van der Waals surface area contributed by atoms with Gasteiger partial charge in [0.05, 0.1) is 0 Å². The summed E-state index contributed by atoms with van der Waals surface area (Å²) in [7, 11) is 2.20. The van der Waals surface area contributed by atoms with Gasteiger partial charge < -0.3 is 10.6 Å². The molecule has 0 spiro atoms. The first-order chi connectivity index (χ1) is 6.03. The molecule has 1 rings (SSSR count). The van der Waals surface area contributed by atoms with Gasteiger partial charge in [0.1, 0.15) is 0 Å². The molecule has 1 fully saturated rings. The molecule has 0 saturated carbocycles. The average molecular weight is 202 g/mol. The third-order valence-electron chi connectivity index (χ3n) is 2.64. The molecule has 3 heteroatoms. The quantitative estimate of drug-likeness (QED) is 0.753. The zero-order valence-corrected chi connectivity index (χ0v) is 9.86. The number of piperidine rings is 1. The molecule has 0 atom stereocenters. The van der Waals surface area contributed by atoms with Crippen molar-refractivity contribution < 1.29 is 0 Å². The largest absolute Gasteiger partial charge is 0.329 e. The standard InChI is InChI=1S/C10H22N2S/c1-10(2,8-11)13-9-4-6-12(3)7-5-9/h9H,4-8,11H2,1-3H3. The molecule has 0 aromatic carbocycles. The number of nitrogens with zero attached hydrogens (tertiary/aromatic N) is 1. The van der Waals surface area contributed by atoms with Gasteiger partial charge in [0.2, 0.25) is 0 Å². The zero-order valence-electron chi connectivity index (χ0n) is 9.05. The summed E-state index contributed by atoms with van der Waals surface area (Å²) in [6, 6.07) is 0. The van der Waals surface area contributed by atoms with Crippen LogP contribution in [-0.4, -0.2) is 41.6 Å². The highest BCUT2D eigenvalue weighted by atomic mass is 32.2. The highest BCUT2D eigenvalue weighted by Gasteiger charge is 2.24. The number of nitrogens with two attached hydrogens (primary N) is 1. The summed E-state index contributed by atoms with van der Waals surface area (Å²) in [5.74, 6) is 0. The summed E-state index contributed by atoms with van der Waals surface area (Å²) in [5.41, 5.74) is 5.72. The second kappa shape index (κ2) is 4.67. The van der Waals surface area contributed by atoms with Crippen LogP contribution in [0.15, 0.2) is 0 Å². The van der Waals surface area contributed by atoms with Crippen molar-refractivity contribution in [3.63, 3.8) is 0 Å². The molecular weight excluding hydrogens is 180 g/mol. The summed E-state index contributed by atoms with van der Waals surface area (Å²) < 4.78 is 0.264. The third-order valence-corrected chi connectivity index (χ3v) is 4.25. The summed E-state index contributed by atoms with van der Waals surface area (Å²) in [4.78, 5) is 2.41. The molecule has 0 aromatic heterocycles. The highest BCUT2D eigenvalue weighted by Crippen LogP contribution is 2.33. The lowest BCUT2D eigenvalue weighted by Crippen LogP contribution is -2.36. The third kappa shape index (κ3) is 3.88. The Labute approximate surface area is 86.2 Å². The first-order valence-electron chi connectivity index (χ1n) is 5.10. The molecule has 1 heterocycles. The van der Waals surface area contributed by atoms with Crippen LogP contribution >= 0.6 is 11.8 Å². The van der Waals surface area contributed by atoms with Crippen LogP contribution in [0.4, 0.5) is 0 Å². The Morgan fingerprint density at radius 2 is 1.92 bits per heavy atom. The van der Waals surface area contributed by atoms with Crippen molar-refractivity contribution in [2.45, 2.75) is 36.7 Å². The van der Waals surface area contributed by atoms with Crippen molar-refractivity contribution in [2.75, 3.05) is 26.7 Å². The molecule has 1 aliphatic heterocycles. The van der Waals surface area contributed by atoms with Crippen LogP contribution in [0.5, 0.6) is 0 Å². The van der Waals surface area contributed by atoms with E-state index in [4.69, 9.17) is 5.73 Å². The normalized spacial score (nSPS) is 22.2. The first-order valence-corrected chi connectivity index (χ1v) is 5.98. The Kier molecular flexibility index (Phi) is 4.07. The Bertz CT molecular complexity index is 151. The lowest BCUT2D eigenvalue weighted by Gasteiger charge is -2.33. The van der Waals surface area contributed by atoms with E-state index in [1.54, 1.807) is 0 Å². The molecule has 0 aliphatic carbocycles. The van der Waals surface area contributed by atoms with Crippen molar-refractivity contribution in [1.29, 1.82) is 0 Å². The molecule has 0 aromatic rings. The highest BCUT2D eigenvalue weighted by molar-refractivity contribution is 8.01. The van der Waals surface area contributed by atoms with E-state index in [9.17, 15) is 0 Å². The Balaban J connectivity index is 2.30. The van der Waals surface area contributed by atoms with E-state index in [0.29, 0.717) is 0 Å². The zero-order chi connectivity index (χ0) is 9.90. The van der Waals surface area contributed by atoms with Crippen LogP contribution in [0.25, 0.3) is 0 Å². The smallest absolute Gasteiger partial charge is 0.0228 e. The summed E-state index contributed by atoms with van der Waals surface area (Å²) in [5, 5.41) is 0.828. The van der Waals surface area contributed by atoms with E-state index in [-0.39, 0.29) is 4.75 Å². The van der Waals surface area contributed by atoms with E-state index in [1.165, 1.54) is 25.9 Å². The lowest BCUT2D eigenvalue weighted by atomic mass is 10.1. The molecule has 78 valence electrons.